The molecule has 7 heteroatoms. The third-order valence-corrected chi connectivity index (χ3v) is 3.80. The van der Waals surface area contributed by atoms with Gasteiger partial charge in [0.2, 0.25) is 0 Å². The second kappa shape index (κ2) is 7.35. The molecule has 0 atom stereocenters. The predicted octanol–water partition coefficient (Wildman–Crippen LogP) is 0.0402. The van der Waals surface area contributed by atoms with Gasteiger partial charge in [0, 0.05) is 64.1 Å². The van der Waals surface area contributed by atoms with Gasteiger partial charge in [-0.1, -0.05) is 0 Å². The van der Waals surface area contributed by atoms with Crippen LogP contribution in [0, 0.1) is 0 Å². The summed E-state index contributed by atoms with van der Waals surface area (Å²) in [5, 5.41) is 3.50. The van der Waals surface area contributed by atoms with Gasteiger partial charge in [0.25, 0.3) is 0 Å². The Kier molecular flexibility index (Phi) is 4.99. The van der Waals surface area contributed by atoms with E-state index >= 15 is 0 Å². The second-order valence-electron chi connectivity index (χ2n) is 5.37. The van der Waals surface area contributed by atoms with Gasteiger partial charge in [-0.2, -0.15) is 0 Å². The van der Waals surface area contributed by atoms with Gasteiger partial charge in [0.05, 0.1) is 13.1 Å². The summed E-state index contributed by atoms with van der Waals surface area (Å²) in [6.07, 6.45) is 7.39. The van der Waals surface area contributed by atoms with E-state index in [1.54, 1.807) is 0 Å². The van der Waals surface area contributed by atoms with Crippen molar-refractivity contribution in [1.29, 1.82) is 0 Å². The Balaban J connectivity index is 1.55. The number of hydrogen-bond acceptors (Lipinski definition) is 5. The highest BCUT2D eigenvalue weighted by Crippen LogP contribution is 2.03. The van der Waals surface area contributed by atoms with Crippen LogP contribution in [0.15, 0.2) is 24.8 Å². The van der Waals surface area contributed by atoms with Crippen LogP contribution in [0.4, 0.5) is 0 Å². The van der Waals surface area contributed by atoms with E-state index in [1.807, 2.05) is 24.8 Å². The summed E-state index contributed by atoms with van der Waals surface area (Å²) in [6.45, 7) is 7.99. The molecule has 1 saturated heterocycles. The Morgan fingerprint density at radius 3 is 1.76 bits per heavy atom. The maximum atomic E-state index is 4.32. The molecule has 1 fully saturated rings. The van der Waals surface area contributed by atoms with Crippen LogP contribution in [0.1, 0.15) is 11.6 Å². The number of aromatic nitrogens is 4. The predicted molar refractivity (Wildman–Crippen MR) is 80.6 cm³/mol. The van der Waals surface area contributed by atoms with Crippen LogP contribution < -0.4 is 5.32 Å². The Labute approximate surface area is 124 Å². The summed E-state index contributed by atoms with van der Waals surface area (Å²) in [5.41, 5.74) is 0. The Morgan fingerprint density at radius 2 is 1.33 bits per heavy atom. The van der Waals surface area contributed by atoms with Gasteiger partial charge in [0.15, 0.2) is 0 Å². The number of hydrogen-bond donors (Lipinski definition) is 3. The number of nitrogens with one attached hydrogen (secondary N) is 3. The van der Waals surface area contributed by atoms with E-state index in [1.165, 1.54) is 0 Å². The van der Waals surface area contributed by atoms with Crippen LogP contribution in [0.2, 0.25) is 0 Å². The van der Waals surface area contributed by atoms with E-state index in [4.69, 9.17) is 0 Å². The fourth-order valence-corrected chi connectivity index (χ4v) is 2.61. The highest BCUT2D eigenvalue weighted by molar-refractivity contribution is 4.89. The topological polar surface area (TPSA) is 75.9 Å². The minimum absolute atomic E-state index is 0.878. The zero-order chi connectivity index (χ0) is 14.3. The van der Waals surface area contributed by atoms with Crippen LogP contribution in [0.3, 0.4) is 0 Å². The molecule has 0 saturated carbocycles. The van der Waals surface area contributed by atoms with Crippen LogP contribution in [-0.2, 0) is 13.1 Å². The molecular weight excluding hydrogens is 266 g/mol. The average Bonchev–Trinajstić information content (AvgIpc) is 3.16. The van der Waals surface area contributed by atoms with Crippen molar-refractivity contribution < 1.29 is 0 Å². The van der Waals surface area contributed by atoms with Crippen LogP contribution in [-0.4, -0.2) is 69.0 Å². The monoisotopic (exact) mass is 289 g/mol. The third kappa shape index (κ3) is 4.38. The van der Waals surface area contributed by atoms with Crippen molar-refractivity contribution in [3.05, 3.63) is 36.4 Å². The molecule has 0 bridgehead atoms. The molecule has 3 heterocycles. The summed E-state index contributed by atoms with van der Waals surface area (Å²) >= 11 is 0. The molecule has 3 rings (SSSR count). The fourth-order valence-electron chi connectivity index (χ4n) is 2.61. The van der Waals surface area contributed by atoms with Crippen LogP contribution >= 0.6 is 0 Å². The number of nitrogens with zero attached hydrogens (tertiary/aromatic N) is 4. The Hall–Kier alpha value is -1.70. The number of imidazole rings is 2. The van der Waals surface area contributed by atoms with Crippen molar-refractivity contribution in [2.24, 2.45) is 0 Å². The van der Waals surface area contributed by atoms with Gasteiger partial charge in [-0.05, 0) is 0 Å². The molecule has 2 aromatic heterocycles. The SMILES string of the molecule is c1c[nH]c(CN2CCNCCN(Cc3ncc[nH]3)CC2)n1. The zero-order valence-corrected chi connectivity index (χ0v) is 12.3. The molecular formula is C14H23N7. The van der Waals surface area contributed by atoms with Crippen molar-refractivity contribution >= 4 is 0 Å². The summed E-state index contributed by atoms with van der Waals surface area (Å²) < 4.78 is 0. The molecule has 1 aliphatic rings. The van der Waals surface area contributed by atoms with Crippen molar-refractivity contribution in [2.45, 2.75) is 13.1 Å². The fraction of sp³-hybridized carbons (Fsp3) is 0.571. The highest BCUT2D eigenvalue weighted by atomic mass is 15.2. The van der Waals surface area contributed by atoms with E-state index in [0.29, 0.717) is 0 Å². The molecule has 7 nitrogen and oxygen atoms in total. The smallest absolute Gasteiger partial charge is 0.120 e. The van der Waals surface area contributed by atoms with E-state index in [9.17, 15) is 0 Å². The summed E-state index contributed by atoms with van der Waals surface area (Å²) in [5.74, 6) is 2.07. The normalized spacial score (nSPS) is 19.0. The lowest BCUT2D eigenvalue weighted by Gasteiger charge is -2.24. The van der Waals surface area contributed by atoms with Gasteiger partial charge in [-0.25, -0.2) is 9.97 Å². The molecule has 2 aromatic rings. The first-order chi connectivity index (χ1) is 10.4. The van der Waals surface area contributed by atoms with Crippen molar-refractivity contribution in [3.63, 3.8) is 0 Å². The molecule has 0 aromatic carbocycles. The molecule has 0 amide bonds. The van der Waals surface area contributed by atoms with Gasteiger partial charge in [-0.3, -0.25) is 9.80 Å². The van der Waals surface area contributed by atoms with Crippen molar-refractivity contribution in [1.82, 2.24) is 35.1 Å². The van der Waals surface area contributed by atoms with Gasteiger partial charge in [-0.15, -0.1) is 0 Å². The number of H-pyrrole nitrogens is 2. The van der Waals surface area contributed by atoms with Crippen molar-refractivity contribution in [2.75, 3.05) is 39.3 Å². The standard InChI is InChI=1S/C14H23N7/c1-2-17-13(16-1)11-20-7-5-15-6-8-21(10-9-20)12-14-18-3-4-19-14/h1-4,15H,5-12H2,(H,16,17)(H,18,19). The Bertz CT molecular complexity index is 447. The maximum absolute atomic E-state index is 4.32. The zero-order valence-electron chi connectivity index (χ0n) is 12.3. The lowest BCUT2D eigenvalue weighted by Crippen LogP contribution is -2.35. The lowest BCUT2D eigenvalue weighted by atomic mass is 10.4. The first-order valence-corrected chi connectivity index (χ1v) is 7.52. The Morgan fingerprint density at radius 1 is 0.810 bits per heavy atom. The maximum Gasteiger partial charge on any atom is 0.120 e. The first kappa shape index (κ1) is 14.2. The van der Waals surface area contributed by atoms with Gasteiger partial charge in [0.1, 0.15) is 11.6 Å². The molecule has 0 radical (unpaired) electrons. The van der Waals surface area contributed by atoms with E-state index in [0.717, 1.165) is 64.0 Å². The average molecular weight is 289 g/mol. The minimum atomic E-state index is 0.878. The minimum Gasteiger partial charge on any atom is -0.348 e. The van der Waals surface area contributed by atoms with Gasteiger partial charge >= 0.3 is 0 Å². The highest BCUT2D eigenvalue weighted by Gasteiger charge is 2.14. The largest absolute Gasteiger partial charge is 0.348 e. The van der Waals surface area contributed by atoms with Crippen LogP contribution in [0.5, 0.6) is 0 Å². The van der Waals surface area contributed by atoms with E-state index in [2.05, 4.69) is 35.1 Å². The first-order valence-electron chi connectivity index (χ1n) is 7.52. The van der Waals surface area contributed by atoms with E-state index < -0.39 is 0 Å². The van der Waals surface area contributed by atoms with Crippen LogP contribution in [0.25, 0.3) is 0 Å². The second-order valence-corrected chi connectivity index (χ2v) is 5.37. The molecule has 0 unspecified atom stereocenters. The molecule has 21 heavy (non-hydrogen) atoms. The molecule has 0 aliphatic carbocycles. The van der Waals surface area contributed by atoms with Crippen molar-refractivity contribution in [3.8, 4) is 0 Å². The lowest BCUT2D eigenvalue weighted by molar-refractivity contribution is 0.204. The van der Waals surface area contributed by atoms with E-state index in [-0.39, 0.29) is 0 Å². The quantitative estimate of drug-likeness (QED) is 0.741. The molecule has 3 N–H and O–H groups in total. The number of aromatic amines is 2. The third-order valence-electron chi connectivity index (χ3n) is 3.80. The summed E-state index contributed by atoms with van der Waals surface area (Å²) in [4.78, 5) is 19.9. The number of rotatable bonds is 4. The summed E-state index contributed by atoms with van der Waals surface area (Å²) in [6, 6.07) is 0. The summed E-state index contributed by atoms with van der Waals surface area (Å²) in [7, 11) is 0. The molecule has 0 spiro atoms. The van der Waals surface area contributed by atoms with Gasteiger partial charge < -0.3 is 15.3 Å². The molecule has 1 aliphatic heterocycles. The molecule has 114 valence electrons.